The number of hydrogen-bond donors (Lipinski definition) is 1. The fourth-order valence-electron chi connectivity index (χ4n) is 2.06. The van der Waals surface area contributed by atoms with Crippen LogP contribution in [0.4, 0.5) is 4.39 Å². The first-order valence-corrected chi connectivity index (χ1v) is 6.77. The normalized spacial score (nSPS) is 20.2. The number of nitrogens with zero attached hydrogens (tertiary/aromatic N) is 1. The van der Waals surface area contributed by atoms with Gasteiger partial charge in [0, 0.05) is 29.0 Å². The molecule has 1 N–H and O–H groups in total. The van der Waals surface area contributed by atoms with Crippen LogP contribution < -0.4 is 5.32 Å². The summed E-state index contributed by atoms with van der Waals surface area (Å²) >= 11 is 3.28. The molecule has 6 heteroatoms. The summed E-state index contributed by atoms with van der Waals surface area (Å²) < 4.78 is 14.5. The molecule has 1 heterocycles. The van der Waals surface area contributed by atoms with E-state index in [1.54, 1.807) is 19.1 Å². The molecule has 1 aromatic carbocycles. The van der Waals surface area contributed by atoms with Crippen LogP contribution in [0.5, 0.6) is 0 Å². The van der Waals surface area contributed by atoms with E-state index in [0.717, 1.165) is 4.47 Å². The van der Waals surface area contributed by atoms with Gasteiger partial charge in [0.1, 0.15) is 5.82 Å². The summed E-state index contributed by atoms with van der Waals surface area (Å²) in [7, 11) is 0. The van der Waals surface area contributed by atoms with Crippen molar-refractivity contribution in [2.75, 3.05) is 6.54 Å². The molecule has 1 aromatic rings. The van der Waals surface area contributed by atoms with Crippen molar-refractivity contribution in [3.05, 3.63) is 34.1 Å². The van der Waals surface area contributed by atoms with Gasteiger partial charge in [-0.15, -0.1) is 0 Å². The monoisotopic (exact) mass is 328 g/mol. The number of amides is 2. The van der Waals surface area contributed by atoms with Crippen molar-refractivity contribution in [3.8, 4) is 0 Å². The number of nitrogens with one attached hydrogen (secondary N) is 1. The Morgan fingerprint density at radius 1 is 1.47 bits per heavy atom. The van der Waals surface area contributed by atoms with Crippen LogP contribution in [0.25, 0.3) is 0 Å². The SMILES string of the molecule is CC1CC(=O)NCC(=O)N1Cc1cc(Br)ccc1F. The predicted octanol–water partition coefficient (Wildman–Crippen LogP) is 1.83. The number of rotatable bonds is 2. The maximum absolute atomic E-state index is 13.7. The van der Waals surface area contributed by atoms with E-state index in [-0.39, 0.29) is 43.2 Å². The lowest BCUT2D eigenvalue weighted by Gasteiger charge is -2.26. The Hall–Kier alpha value is -1.43. The van der Waals surface area contributed by atoms with Crippen molar-refractivity contribution in [2.24, 2.45) is 0 Å². The van der Waals surface area contributed by atoms with Crippen LogP contribution >= 0.6 is 15.9 Å². The highest BCUT2D eigenvalue weighted by molar-refractivity contribution is 9.10. The van der Waals surface area contributed by atoms with Crippen LogP contribution in [0.2, 0.25) is 0 Å². The van der Waals surface area contributed by atoms with E-state index in [4.69, 9.17) is 0 Å². The average Bonchev–Trinajstić information content (AvgIpc) is 2.47. The van der Waals surface area contributed by atoms with Gasteiger partial charge in [0.25, 0.3) is 0 Å². The molecule has 2 rings (SSSR count). The van der Waals surface area contributed by atoms with Crippen molar-refractivity contribution >= 4 is 27.7 Å². The molecule has 0 aromatic heterocycles. The summed E-state index contributed by atoms with van der Waals surface area (Å²) in [5.74, 6) is -0.706. The third kappa shape index (κ3) is 3.32. The van der Waals surface area contributed by atoms with Gasteiger partial charge >= 0.3 is 0 Å². The minimum Gasteiger partial charge on any atom is -0.347 e. The van der Waals surface area contributed by atoms with Crippen molar-refractivity contribution in [1.29, 1.82) is 0 Å². The van der Waals surface area contributed by atoms with E-state index < -0.39 is 0 Å². The molecule has 0 bridgehead atoms. The van der Waals surface area contributed by atoms with Gasteiger partial charge in [0.2, 0.25) is 11.8 Å². The Bertz CT molecular complexity index is 521. The molecule has 0 aliphatic carbocycles. The number of benzene rings is 1. The smallest absolute Gasteiger partial charge is 0.242 e. The van der Waals surface area contributed by atoms with E-state index in [0.29, 0.717) is 5.56 Å². The lowest BCUT2D eigenvalue weighted by atomic mass is 10.1. The molecule has 0 radical (unpaired) electrons. The quantitative estimate of drug-likeness (QED) is 0.900. The Balaban J connectivity index is 2.22. The average molecular weight is 329 g/mol. The third-order valence-corrected chi connectivity index (χ3v) is 3.61. The van der Waals surface area contributed by atoms with Crippen LogP contribution in [0.1, 0.15) is 18.9 Å². The molecule has 19 heavy (non-hydrogen) atoms. The first-order valence-electron chi connectivity index (χ1n) is 5.97. The maximum Gasteiger partial charge on any atom is 0.242 e. The molecule has 102 valence electrons. The van der Waals surface area contributed by atoms with Gasteiger partial charge in [-0.25, -0.2) is 4.39 Å². The molecule has 1 unspecified atom stereocenters. The van der Waals surface area contributed by atoms with Crippen LogP contribution in [-0.4, -0.2) is 29.3 Å². The van der Waals surface area contributed by atoms with Crippen LogP contribution in [0, 0.1) is 5.82 Å². The number of hydrogen-bond acceptors (Lipinski definition) is 2. The van der Waals surface area contributed by atoms with Gasteiger partial charge < -0.3 is 10.2 Å². The Morgan fingerprint density at radius 2 is 2.21 bits per heavy atom. The van der Waals surface area contributed by atoms with E-state index >= 15 is 0 Å². The number of halogens is 2. The summed E-state index contributed by atoms with van der Waals surface area (Å²) in [6.45, 7) is 1.93. The third-order valence-electron chi connectivity index (χ3n) is 3.12. The first kappa shape index (κ1) is 14.0. The Kier molecular flexibility index (Phi) is 4.19. The Labute approximate surface area is 119 Å². The molecule has 1 aliphatic heterocycles. The fraction of sp³-hybridized carbons (Fsp3) is 0.385. The van der Waals surface area contributed by atoms with E-state index in [1.807, 2.05) is 0 Å². The highest BCUT2D eigenvalue weighted by Crippen LogP contribution is 2.19. The van der Waals surface area contributed by atoms with Crippen molar-refractivity contribution in [3.63, 3.8) is 0 Å². The van der Waals surface area contributed by atoms with E-state index in [9.17, 15) is 14.0 Å². The second-order valence-electron chi connectivity index (χ2n) is 4.59. The van der Waals surface area contributed by atoms with Crippen molar-refractivity contribution in [2.45, 2.75) is 25.9 Å². The summed E-state index contributed by atoms with van der Waals surface area (Å²) in [5.41, 5.74) is 0.434. The van der Waals surface area contributed by atoms with E-state index in [1.165, 1.54) is 11.0 Å². The van der Waals surface area contributed by atoms with Gasteiger partial charge in [-0.2, -0.15) is 0 Å². The highest BCUT2D eigenvalue weighted by atomic mass is 79.9. The van der Waals surface area contributed by atoms with Gasteiger partial charge in [-0.05, 0) is 25.1 Å². The number of carbonyl (C=O) groups is 2. The van der Waals surface area contributed by atoms with Crippen molar-refractivity contribution in [1.82, 2.24) is 10.2 Å². The molecule has 1 fully saturated rings. The fourth-order valence-corrected chi connectivity index (χ4v) is 2.47. The van der Waals surface area contributed by atoms with Gasteiger partial charge in [0.15, 0.2) is 0 Å². The first-order chi connectivity index (χ1) is 8.97. The standard InChI is InChI=1S/C13H14BrFN2O2/c1-8-4-12(18)16-6-13(19)17(8)7-9-5-10(14)2-3-11(9)15/h2-3,5,8H,4,6-7H2,1H3,(H,16,18). The lowest BCUT2D eigenvalue weighted by Crippen LogP contribution is -2.39. The van der Waals surface area contributed by atoms with Crippen LogP contribution in [0.15, 0.2) is 22.7 Å². The zero-order valence-electron chi connectivity index (χ0n) is 10.5. The summed E-state index contributed by atoms with van der Waals surface area (Å²) in [5, 5.41) is 2.53. The predicted molar refractivity (Wildman–Crippen MR) is 71.7 cm³/mol. The zero-order valence-corrected chi connectivity index (χ0v) is 12.0. The minimum absolute atomic E-state index is 0.0290. The van der Waals surface area contributed by atoms with Gasteiger partial charge in [-0.1, -0.05) is 15.9 Å². The summed E-state index contributed by atoms with van der Waals surface area (Å²) in [6, 6.07) is 4.37. The molecule has 0 saturated carbocycles. The Morgan fingerprint density at radius 3 is 2.95 bits per heavy atom. The molecular weight excluding hydrogens is 315 g/mol. The topological polar surface area (TPSA) is 49.4 Å². The van der Waals surface area contributed by atoms with Gasteiger partial charge in [0.05, 0.1) is 6.54 Å². The molecule has 1 atom stereocenters. The second-order valence-corrected chi connectivity index (χ2v) is 5.50. The molecule has 1 aliphatic rings. The van der Waals surface area contributed by atoms with Crippen molar-refractivity contribution < 1.29 is 14.0 Å². The molecule has 1 saturated heterocycles. The zero-order chi connectivity index (χ0) is 14.0. The lowest BCUT2D eigenvalue weighted by molar-refractivity contribution is -0.132. The molecular formula is C13H14BrFN2O2. The maximum atomic E-state index is 13.7. The summed E-state index contributed by atoms with van der Waals surface area (Å²) in [6.07, 6.45) is 0.237. The van der Waals surface area contributed by atoms with E-state index in [2.05, 4.69) is 21.2 Å². The largest absolute Gasteiger partial charge is 0.347 e. The van der Waals surface area contributed by atoms with Crippen LogP contribution in [-0.2, 0) is 16.1 Å². The highest BCUT2D eigenvalue weighted by Gasteiger charge is 2.27. The molecule has 2 amide bonds. The molecule has 0 spiro atoms. The van der Waals surface area contributed by atoms with Gasteiger partial charge in [-0.3, -0.25) is 9.59 Å². The summed E-state index contributed by atoms with van der Waals surface area (Å²) in [4.78, 5) is 24.9. The van der Waals surface area contributed by atoms with Crippen LogP contribution in [0.3, 0.4) is 0 Å². The number of carbonyl (C=O) groups excluding carboxylic acids is 2. The molecule has 4 nitrogen and oxygen atoms in total. The second kappa shape index (κ2) is 5.69. The minimum atomic E-state index is -0.355.